The van der Waals surface area contributed by atoms with E-state index in [1.54, 1.807) is 6.07 Å². The lowest BCUT2D eigenvalue weighted by Gasteiger charge is -2.00. The molecule has 0 unspecified atom stereocenters. The van der Waals surface area contributed by atoms with Crippen LogP contribution >= 0.6 is 0 Å². The molecular weight excluding hydrogens is 376 g/mol. The Hall–Kier alpha value is -3.95. The maximum Gasteiger partial charge on any atom is 0.332 e. The zero-order chi connectivity index (χ0) is 20.7. The molecule has 2 N–H and O–H groups in total. The number of imidazole rings is 1. The fourth-order valence-corrected chi connectivity index (χ4v) is 2.95. The number of carbonyl (C=O) groups excluding carboxylic acids is 1. The van der Waals surface area contributed by atoms with Gasteiger partial charge < -0.3 is 14.8 Å². The Labute approximate surface area is 163 Å². The average molecular weight is 394 g/mol. The second-order valence-corrected chi connectivity index (χ2v) is 6.71. The number of fused-ring (bicyclic) bond motifs is 1. The number of nitrogens with zero attached hydrogens (tertiary/aromatic N) is 4. The summed E-state index contributed by atoms with van der Waals surface area (Å²) in [6.07, 6.45) is 0. The van der Waals surface area contributed by atoms with E-state index in [2.05, 4.69) is 20.4 Å². The minimum Gasteiger partial charge on any atom is -0.355 e. The van der Waals surface area contributed by atoms with E-state index in [-0.39, 0.29) is 23.4 Å². The highest BCUT2D eigenvalue weighted by molar-refractivity contribution is 5.93. The van der Waals surface area contributed by atoms with Crippen molar-refractivity contribution in [2.45, 2.75) is 13.5 Å². The van der Waals surface area contributed by atoms with Crippen LogP contribution < -0.4 is 16.6 Å². The molecule has 0 atom stereocenters. The molecule has 10 heteroatoms. The molecule has 4 aromatic rings. The first-order valence-corrected chi connectivity index (χ1v) is 8.81. The molecule has 0 aliphatic heterocycles. The van der Waals surface area contributed by atoms with E-state index in [4.69, 9.17) is 4.52 Å². The molecule has 0 bridgehead atoms. The van der Waals surface area contributed by atoms with Crippen LogP contribution in [-0.2, 0) is 20.6 Å². The summed E-state index contributed by atoms with van der Waals surface area (Å²) in [6.45, 7) is 2.01. The van der Waals surface area contributed by atoms with E-state index in [1.807, 2.05) is 31.2 Å². The molecule has 3 aromatic heterocycles. The third-order valence-electron chi connectivity index (χ3n) is 4.64. The molecule has 4 rings (SSSR count). The SMILES string of the molecule is Cc1ccc(-c2cc(C(=O)NCc3nc4c([nH]3)c(=O)n(C)c(=O)n4C)no2)cc1. The topological polar surface area (TPSA) is 128 Å². The van der Waals surface area contributed by atoms with Crippen molar-refractivity contribution in [1.29, 1.82) is 0 Å². The monoisotopic (exact) mass is 394 g/mol. The molecule has 0 aliphatic rings. The van der Waals surface area contributed by atoms with Crippen LogP contribution in [0.4, 0.5) is 0 Å². The van der Waals surface area contributed by atoms with Gasteiger partial charge in [-0.15, -0.1) is 0 Å². The van der Waals surface area contributed by atoms with Gasteiger partial charge in [0.25, 0.3) is 11.5 Å². The fraction of sp³-hybridized carbons (Fsp3) is 0.211. The van der Waals surface area contributed by atoms with Crippen LogP contribution in [0, 0.1) is 6.92 Å². The van der Waals surface area contributed by atoms with Crippen LogP contribution in [0.1, 0.15) is 21.9 Å². The lowest BCUT2D eigenvalue weighted by atomic mass is 10.1. The fourth-order valence-electron chi connectivity index (χ4n) is 2.95. The molecule has 3 heterocycles. The third kappa shape index (κ3) is 3.24. The highest BCUT2D eigenvalue weighted by Gasteiger charge is 2.16. The number of H-pyrrole nitrogens is 1. The Bertz CT molecular complexity index is 1340. The van der Waals surface area contributed by atoms with E-state index < -0.39 is 17.2 Å². The van der Waals surface area contributed by atoms with Gasteiger partial charge >= 0.3 is 5.69 Å². The quantitative estimate of drug-likeness (QED) is 0.528. The van der Waals surface area contributed by atoms with Crippen LogP contribution in [0.3, 0.4) is 0 Å². The van der Waals surface area contributed by atoms with Gasteiger partial charge in [-0.25, -0.2) is 9.78 Å². The van der Waals surface area contributed by atoms with Crippen molar-refractivity contribution >= 4 is 17.1 Å². The number of aromatic amines is 1. The van der Waals surface area contributed by atoms with Crippen molar-refractivity contribution in [2.24, 2.45) is 14.1 Å². The molecule has 1 aromatic carbocycles. The van der Waals surface area contributed by atoms with Crippen LogP contribution in [0.15, 0.2) is 44.4 Å². The molecule has 148 valence electrons. The molecule has 29 heavy (non-hydrogen) atoms. The lowest BCUT2D eigenvalue weighted by molar-refractivity contribution is 0.0941. The van der Waals surface area contributed by atoms with Crippen molar-refractivity contribution in [3.63, 3.8) is 0 Å². The normalized spacial score (nSPS) is 11.1. The summed E-state index contributed by atoms with van der Waals surface area (Å²) < 4.78 is 7.51. The van der Waals surface area contributed by atoms with Crippen molar-refractivity contribution in [1.82, 2.24) is 29.6 Å². The number of nitrogens with one attached hydrogen (secondary N) is 2. The number of hydrogen-bond acceptors (Lipinski definition) is 6. The van der Waals surface area contributed by atoms with Crippen LogP contribution in [0.5, 0.6) is 0 Å². The van der Waals surface area contributed by atoms with E-state index >= 15 is 0 Å². The van der Waals surface area contributed by atoms with Crippen LogP contribution in [0.2, 0.25) is 0 Å². The molecule has 1 amide bonds. The molecule has 0 saturated carbocycles. The molecule has 0 radical (unpaired) electrons. The van der Waals surface area contributed by atoms with Gasteiger partial charge in [0, 0.05) is 25.7 Å². The van der Waals surface area contributed by atoms with E-state index in [0.717, 1.165) is 15.7 Å². The summed E-state index contributed by atoms with van der Waals surface area (Å²) in [6, 6.07) is 9.21. The number of benzene rings is 1. The van der Waals surface area contributed by atoms with Crippen LogP contribution in [-0.4, -0.2) is 30.2 Å². The molecule has 10 nitrogen and oxygen atoms in total. The van der Waals surface area contributed by atoms with Gasteiger partial charge in [-0.3, -0.25) is 18.7 Å². The second kappa shape index (κ2) is 6.89. The van der Waals surface area contributed by atoms with E-state index in [9.17, 15) is 14.4 Å². The van der Waals surface area contributed by atoms with Crippen molar-refractivity contribution < 1.29 is 9.32 Å². The maximum absolute atomic E-state index is 12.4. The van der Waals surface area contributed by atoms with Gasteiger partial charge in [-0.05, 0) is 6.92 Å². The predicted molar refractivity (Wildman–Crippen MR) is 104 cm³/mol. The van der Waals surface area contributed by atoms with Crippen molar-refractivity contribution in [3.05, 3.63) is 68.3 Å². The first-order chi connectivity index (χ1) is 13.8. The first-order valence-electron chi connectivity index (χ1n) is 8.81. The van der Waals surface area contributed by atoms with E-state index in [0.29, 0.717) is 11.6 Å². The van der Waals surface area contributed by atoms with Gasteiger partial charge in [-0.1, -0.05) is 35.0 Å². The zero-order valence-electron chi connectivity index (χ0n) is 16.0. The Morgan fingerprint density at radius 2 is 1.90 bits per heavy atom. The summed E-state index contributed by atoms with van der Waals surface area (Å²) >= 11 is 0. The number of aryl methyl sites for hydroxylation is 2. The van der Waals surface area contributed by atoms with Gasteiger partial charge in [0.2, 0.25) is 0 Å². The Morgan fingerprint density at radius 1 is 1.17 bits per heavy atom. The Morgan fingerprint density at radius 3 is 2.62 bits per heavy atom. The van der Waals surface area contributed by atoms with Gasteiger partial charge in [0.05, 0.1) is 6.54 Å². The molecular formula is C19H18N6O4. The molecule has 0 spiro atoms. The largest absolute Gasteiger partial charge is 0.355 e. The summed E-state index contributed by atoms with van der Waals surface area (Å²) in [5, 5.41) is 6.47. The zero-order valence-corrected chi connectivity index (χ0v) is 16.0. The summed E-state index contributed by atoms with van der Waals surface area (Å²) in [7, 11) is 2.91. The summed E-state index contributed by atoms with van der Waals surface area (Å²) in [4.78, 5) is 43.7. The Kier molecular flexibility index (Phi) is 4.38. The van der Waals surface area contributed by atoms with E-state index in [1.165, 1.54) is 18.7 Å². The summed E-state index contributed by atoms with van der Waals surface area (Å²) in [5.74, 6) is 0.376. The van der Waals surface area contributed by atoms with Gasteiger partial charge in [0.15, 0.2) is 17.1 Å². The number of hydrogen-bond donors (Lipinski definition) is 2. The Balaban J connectivity index is 1.52. The van der Waals surface area contributed by atoms with Crippen molar-refractivity contribution in [3.8, 4) is 11.3 Å². The van der Waals surface area contributed by atoms with Crippen molar-refractivity contribution in [2.75, 3.05) is 0 Å². The first kappa shape index (κ1) is 18.4. The minimum atomic E-state index is -0.479. The number of amides is 1. The lowest BCUT2D eigenvalue weighted by Crippen LogP contribution is -2.36. The highest BCUT2D eigenvalue weighted by Crippen LogP contribution is 2.20. The molecule has 0 saturated heterocycles. The van der Waals surface area contributed by atoms with Gasteiger partial charge in [-0.2, -0.15) is 0 Å². The minimum absolute atomic E-state index is 0.0254. The molecule has 0 fully saturated rings. The third-order valence-corrected chi connectivity index (χ3v) is 4.64. The molecule has 0 aliphatic carbocycles. The smallest absolute Gasteiger partial charge is 0.332 e. The standard InChI is InChI=1S/C19H18N6O4/c1-10-4-6-11(7-5-10)13-8-12(23-29-13)17(26)20-9-14-21-15-16(22-14)24(2)19(28)25(3)18(15)27/h4-8H,9H2,1-3H3,(H,20,26)(H,21,22). The average Bonchev–Trinajstić information content (AvgIpc) is 3.37. The summed E-state index contributed by atoms with van der Waals surface area (Å²) in [5.41, 5.74) is 1.52. The number of aromatic nitrogens is 5. The van der Waals surface area contributed by atoms with Gasteiger partial charge in [0.1, 0.15) is 11.3 Å². The highest BCUT2D eigenvalue weighted by atomic mass is 16.5. The van der Waals surface area contributed by atoms with Crippen LogP contribution in [0.25, 0.3) is 22.5 Å². The second-order valence-electron chi connectivity index (χ2n) is 6.71. The maximum atomic E-state index is 12.4. The number of rotatable bonds is 4. The number of carbonyl (C=O) groups is 1. The predicted octanol–water partition coefficient (Wildman–Crippen LogP) is 0.854.